The van der Waals surface area contributed by atoms with Crippen molar-refractivity contribution in [2.24, 2.45) is 4.99 Å². The minimum atomic E-state index is -0.276. The lowest BCUT2D eigenvalue weighted by molar-refractivity contribution is 0.281. The topological polar surface area (TPSA) is 62.9 Å². The number of likely N-dealkylation sites (N-methyl/N-ethyl adjacent to an activating group) is 1. The van der Waals surface area contributed by atoms with Gasteiger partial charge in [-0.3, -0.25) is 0 Å². The summed E-state index contributed by atoms with van der Waals surface area (Å²) in [6, 6.07) is 5.99. The summed E-state index contributed by atoms with van der Waals surface area (Å²) in [7, 11) is 1.94. The zero-order valence-electron chi connectivity index (χ0n) is 17.2. The molecule has 1 aromatic carbocycles. The maximum atomic E-state index is 12.9. The van der Waals surface area contributed by atoms with Crippen molar-refractivity contribution in [2.45, 2.75) is 39.7 Å². The van der Waals surface area contributed by atoms with Gasteiger partial charge in [-0.2, -0.15) is 0 Å². The molecule has 1 N–H and O–H groups in total. The largest absolute Gasteiger partial charge is 0.492 e. The molecular weight excluding hydrogens is 474 g/mol. The zero-order valence-corrected chi connectivity index (χ0v) is 19.5. The fourth-order valence-electron chi connectivity index (χ4n) is 2.28. The normalized spacial score (nSPS) is 11.7. The van der Waals surface area contributed by atoms with Gasteiger partial charge in [0.2, 0.25) is 5.89 Å². The van der Waals surface area contributed by atoms with E-state index in [0.717, 1.165) is 18.3 Å². The van der Waals surface area contributed by atoms with Gasteiger partial charge in [0.15, 0.2) is 5.96 Å². The van der Waals surface area contributed by atoms with Gasteiger partial charge in [-0.1, -0.05) is 20.8 Å². The Balaban J connectivity index is 0.00000392. The van der Waals surface area contributed by atoms with Crippen LogP contribution in [0.25, 0.3) is 0 Å². The Morgan fingerprint density at radius 3 is 2.54 bits per heavy atom. The van der Waals surface area contributed by atoms with E-state index in [0.29, 0.717) is 31.3 Å². The second-order valence-corrected chi connectivity index (χ2v) is 7.26. The third kappa shape index (κ3) is 7.65. The molecule has 0 aliphatic carbocycles. The van der Waals surface area contributed by atoms with Crippen molar-refractivity contribution in [1.29, 1.82) is 0 Å². The summed E-state index contributed by atoms with van der Waals surface area (Å²) in [5.41, 5.74) is -0.0754. The van der Waals surface area contributed by atoms with Crippen LogP contribution in [-0.4, -0.2) is 42.6 Å². The zero-order chi connectivity index (χ0) is 19.9. The number of aromatic nitrogens is 1. The van der Waals surface area contributed by atoms with Crippen LogP contribution in [-0.2, 0) is 12.0 Å². The third-order valence-electron chi connectivity index (χ3n) is 3.86. The Kier molecular flexibility index (Phi) is 9.71. The van der Waals surface area contributed by atoms with Crippen LogP contribution in [0.3, 0.4) is 0 Å². The maximum absolute atomic E-state index is 12.9. The van der Waals surface area contributed by atoms with E-state index >= 15 is 0 Å². The third-order valence-corrected chi connectivity index (χ3v) is 3.86. The fraction of sp³-hybridized carbons (Fsp3) is 0.500. The second kappa shape index (κ2) is 11.2. The van der Waals surface area contributed by atoms with E-state index in [2.05, 4.69) is 36.1 Å². The van der Waals surface area contributed by atoms with E-state index in [4.69, 9.17) is 9.15 Å². The molecule has 156 valence electrons. The Bertz CT molecular complexity index is 741. The number of guanidine groups is 1. The minimum absolute atomic E-state index is 0. The van der Waals surface area contributed by atoms with Gasteiger partial charge in [0.1, 0.15) is 30.5 Å². The number of halogens is 2. The van der Waals surface area contributed by atoms with Gasteiger partial charge in [-0.05, 0) is 31.2 Å². The minimum Gasteiger partial charge on any atom is -0.492 e. The highest BCUT2D eigenvalue weighted by Crippen LogP contribution is 2.22. The highest BCUT2D eigenvalue weighted by atomic mass is 127. The average Bonchev–Trinajstić information content (AvgIpc) is 3.09. The first kappa shape index (κ1) is 24.2. The molecule has 1 aromatic heterocycles. The lowest BCUT2D eigenvalue weighted by atomic mass is 9.94. The number of ether oxygens (including phenoxy) is 1. The van der Waals surface area contributed by atoms with Crippen LogP contribution >= 0.6 is 24.0 Å². The SMILES string of the molecule is CCNC(=NCc1ncc(C(C)(C)C)o1)N(C)CCOc1ccc(F)cc1.I. The standard InChI is InChI=1S/C20H29FN4O2.HI/c1-6-22-19(24-14-18-23-13-17(27-18)20(2,3)4)25(5)11-12-26-16-9-7-15(21)8-10-16;/h7-10,13H,6,11-12,14H2,1-5H3,(H,22,24);1H. The van der Waals surface area contributed by atoms with Gasteiger partial charge in [-0.25, -0.2) is 14.4 Å². The molecular formula is C20H30FIN4O2. The van der Waals surface area contributed by atoms with Crippen LogP contribution < -0.4 is 10.1 Å². The van der Waals surface area contributed by atoms with E-state index < -0.39 is 0 Å². The van der Waals surface area contributed by atoms with Crippen molar-refractivity contribution < 1.29 is 13.5 Å². The van der Waals surface area contributed by atoms with Gasteiger partial charge < -0.3 is 19.4 Å². The van der Waals surface area contributed by atoms with Gasteiger partial charge in [0, 0.05) is 19.0 Å². The summed E-state index contributed by atoms with van der Waals surface area (Å²) in [6.07, 6.45) is 1.76. The first-order valence-electron chi connectivity index (χ1n) is 9.12. The van der Waals surface area contributed by atoms with Crippen molar-refractivity contribution in [3.63, 3.8) is 0 Å². The summed E-state index contributed by atoms with van der Waals surface area (Å²) in [6.45, 7) is 10.5. The smallest absolute Gasteiger partial charge is 0.216 e. The number of rotatable bonds is 7. The first-order chi connectivity index (χ1) is 12.8. The highest BCUT2D eigenvalue weighted by Gasteiger charge is 2.19. The van der Waals surface area contributed by atoms with Crippen molar-refractivity contribution in [1.82, 2.24) is 15.2 Å². The van der Waals surface area contributed by atoms with Crippen LogP contribution in [0, 0.1) is 5.82 Å². The predicted octanol–water partition coefficient (Wildman–Crippen LogP) is 4.21. The van der Waals surface area contributed by atoms with E-state index in [1.807, 2.05) is 18.9 Å². The van der Waals surface area contributed by atoms with Crippen LogP contribution in [0.15, 0.2) is 39.9 Å². The number of nitrogens with one attached hydrogen (secondary N) is 1. The number of hydrogen-bond acceptors (Lipinski definition) is 4. The molecule has 0 radical (unpaired) electrons. The lowest BCUT2D eigenvalue weighted by Gasteiger charge is -2.22. The monoisotopic (exact) mass is 504 g/mol. The molecule has 0 atom stereocenters. The fourth-order valence-corrected chi connectivity index (χ4v) is 2.28. The van der Waals surface area contributed by atoms with Crippen molar-refractivity contribution in [3.05, 3.63) is 47.9 Å². The Morgan fingerprint density at radius 1 is 1.29 bits per heavy atom. The van der Waals surface area contributed by atoms with Crippen LogP contribution in [0.2, 0.25) is 0 Å². The molecule has 8 heteroatoms. The summed E-state index contributed by atoms with van der Waals surface area (Å²) in [5.74, 6) is 2.55. The highest BCUT2D eigenvalue weighted by molar-refractivity contribution is 14.0. The molecule has 0 amide bonds. The van der Waals surface area contributed by atoms with Gasteiger partial charge in [0.25, 0.3) is 0 Å². The van der Waals surface area contributed by atoms with Crippen molar-refractivity contribution in [2.75, 3.05) is 26.7 Å². The Labute approximate surface area is 183 Å². The average molecular weight is 504 g/mol. The summed E-state index contributed by atoms with van der Waals surface area (Å²) in [5, 5.41) is 3.25. The molecule has 0 aliphatic heterocycles. The first-order valence-corrected chi connectivity index (χ1v) is 9.12. The number of oxazole rings is 1. The predicted molar refractivity (Wildman–Crippen MR) is 120 cm³/mol. The van der Waals surface area contributed by atoms with Crippen LogP contribution in [0.5, 0.6) is 5.75 Å². The molecule has 0 bridgehead atoms. The van der Waals surface area contributed by atoms with Crippen LogP contribution in [0.4, 0.5) is 4.39 Å². The van der Waals surface area contributed by atoms with Crippen molar-refractivity contribution >= 4 is 29.9 Å². The van der Waals surface area contributed by atoms with Crippen LogP contribution in [0.1, 0.15) is 39.3 Å². The molecule has 0 aliphatic rings. The second-order valence-electron chi connectivity index (χ2n) is 7.26. The molecule has 6 nitrogen and oxygen atoms in total. The van der Waals surface area contributed by atoms with Gasteiger partial charge in [0.05, 0.1) is 12.7 Å². The number of benzene rings is 1. The quantitative estimate of drug-likeness (QED) is 0.348. The Hall–Kier alpha value is -1.84. The van der Waals surface area contributed by atoms with E-state index in [-0.39, 0.29) is 35.2 Å². The summed E-state index contributed by atoms with van der Waals surface area (Å²) < 4.78 is 24.3. The molecule has 28 heavy (non-hydrogen) atoms. The molecule has 0 unspecified atom stereocenters. The maximum Gasteiger partial charge on any atom is 0.216 e. The van der Waals surface area contributed by atoms with E-state index in [9.17, 15) is 4.39 Å². The van der Waals surface area contributed by atoms with Gasteiger partial charge >= 0.3 is 0 Å². The Morgan fingerprint density at radius 2 is 1.96 bits per heavy atom. The summed E-state index contributed by atoms with van der Waals surface area (Å²) >= 11 is 0. The van der Waals surface area contributed by atoms with E-state index in [1.54, 1.807) is 18.3 Å². The molecule has 2 aromatic rings. The molecule has 0 fully saturated rings. The molecule has 0 saturated heterocycles. The number of hydrogen-bond donors (Lipinski definition) is 1. The number of aliphatic imine (C=N–C) groups is 1. The van der Waals surface area contributed by atoms with Gasteiger partial charge in [-0.15, -0.1) is 24.0 Å². The summed E-state index contributed by atoms with van der Waals surface area (Å²) in [4.78, 5) is 10.9. The van der Waals surface area contributed by atoms with E-state index in [1.165, 1.54) is 12.1 Å². The number of nitrogens with zero attached hydrogens (tertiary/aromatic N) is 3. The van der Waals surface area contributed by atoms with Crippen molar-refractivity contribution in [3.8, 4) is 5.75 Å². The lowest BCUT2D eigenvalue weighted by Crippen LogP contribution is -2.40. The molecule has 0 saturated carbocycles. The molecule has 0 spiro atoms. The molecule has 1 heterocycles. The molecule has 2 rings (SSSR count).